The summed E-state index contributed by atoms with van der Waals surface area (Å²) in [6, 6.07) is 0. The number of carbonyl (C=O) groups is 1. The predicted octanol–water partition coefficient (Wildman–Crippen LogP) is 2.87. The number of hydrogen-bond acceptors (Lipinski definition) is 14. The molecule has 21 atom stereocenters. The Morgan fingerprint density at radius 2 is 1.27 bits per heavy atom. The summed E-state index contributed by atoms with van der Waals surface area (Å²) in [6.45, 7) is 10.1. The Labute approximate surface area is 330 Å². The summed E-state index contributed by atoms with van der Waals surface area (Å²) >= 11 is 0. The van der Waals surface area contributed by atoms with Crippen LogP contribution in [0.1, 0.15) is 105 Å². The molecule has 318 valence electrons. The van der Waals surface area contributed by atoms with Crippen molar-refractivity contribution in [2.45, 2.75) is 197 Å². The molecule has 0 spiro atoms. The number of hydrogen-bond donors (Lipinski definition) is 5. The van der Waals surface area contributed by atoms with E-state index in [0.717, 1.165) is 44.1 Å². The zero-order valence-electron chi connectivity index (χ0n) is 33.9. The van der Waals surface area contributed by atoms with Gasteiger partial charge in [-0.25, -0.2) is 4.79 Å². The Hall–Kier alpha value is -1.27. The zero-order chi connectivity index (χ0) is 39.9. The van der Waals surface area contributed by atoms with Gasteiger partial charge in [-0.15, -0.1) is 0 Å². The summed E-state index contributed by atoms with van der Waals surface area (Å²) < 4.78 is 47.8. The normalized spacial score (nSPS) is 54.8. The van der Waals surface area contributed by atoms with Gasteiger partial charge in [0.05, 0.1) is 54.4 Å². The van der Waals surface area contributed by atoms with Gasteiger partial charge in [0.25, 0.3) is 0 Å². The highest BCUT2D eigenvalue weighted by atomic mass is 16.7. The highest BCUT2D eigenvalue weighted by Gasteiger charge is 2.71. The van der Waals surface area contributed by atoms with Crippen molar-refractivity contribution in [2.24, 2.45) is 34.5 Å². The molecule has 14 nitrogen and oxygen atoms in total. The Balaban J connectivity index is 0.832. The average molecular weight is 795 g/mol. The first-order chi connectivity index (χ1) is 26.5. The van der Waals surface area contributed by atoms with E-state index in [1.807, 2.05) is 20.8 Å². The molecule has 0 amide bonds. The van der Waals surface area contributed by atoms with Crippen molar-refractivity contribution in [3.8, 4) is 0 Å². The van der Waals surface area contributed by atoms with Crippen LogP contribution in [0.4, 0.5) is 0 Å². The summed E-state index contributed by atoms with van der Waals surface area (Å²) in [5.41, 5.74) is -0.877. The van der Waals surface area contributed by atoms with Crippen LogP contribution in [0.25, 0.3) is 0 Å². The SMILES string of the molecule is COC1C(O)CC(OC2C(O)CC(OC3C(O)CC(O[C@H]4CC[C@@]5(C)[C@H](CC[C@@H]6[C@@H]5C[C@@H](O)[C@]5(C)[C@@H](C7=CC(=O)OC7)CC[C@]65O)C4)OC3C)OC2C)OC1C. The summed E-state index contributed by atoms with van der Waals surface area (Å²) in [7, 11) is 1.53. The molecule has 3 saturated heterocycles. The van der Waals surface area contributed by atoms with Crippen LogP contribution in [-0.2, 0) is 42.7 Å². The molecule has 5 N–H and O–H groups in total. The van der Waals surface area contributed by atoms with E-state index >= 15 is 0 Å². The highest BCUT2D eigenvalue weighted by molar-refractivity contribution is 5.85. The third-order valence-corrected chi connectivity index (χ3v) is 16.2. The second-order valence-electron chi connectivity index (χ2n) is 19.0. The number of methoxy groups -OCH3 is 1. The van der Waals surface area contributed by atoms with Gasteiger partial charge in [-0.2, -0.15) is 0 Å². The van der Waals surface area contributed by atoms with Crippen molar-refractivity contribution in [3.05, 3.63) is 11.6 Å². The third kappa shape index (κ3) is 7.02. The number of rotatable bonds is 8. The first-order valence-electron chi connectivity index (χ1n) is 21.3. The van der Waals surface area contributed by atoms with Gasteiger partial charge >= 0.3 is 5.97 Å². The molecule has 7 fully saturated rings. The van der Waals surface area contributed by atoms with Gasteiger partial charge in [0, 0.05) is 37.9 Å². The minimum absolute atomic E-state index is 0.0386. The third-order valence-electron chi connectivity index (χ3n) is 16.2. The summed E-state index contributed by atoms with van der Waals surface area (Å²) in [4.78, 5) is 12.0. The molecule has 12 unspecified atom stereocenters. The van der Waals surface area contributed by atoms with Crippen molar-refractivity contribution in [2.75, 3.05) is 13.7 Å². The van der Waals surface area contributed by atoms with E-state index in [2.05, 4.69) is 6.92 Å². The summed E-state index contributed by atoms with van der Waals surface area (Å²) in [5, 5.41) is 57.3. The van der Waals surface area contributed by atoms with E-state index in [1.165, 1.54) is 7.11 Å². The fourth-order valence-electron chi connectivity index (χ4n) is 13.1. The number of aliphatic hydroxyl groups is 5. The lowest BCUT2D eigenvalue weighted by molar-refractivity contribution is -0.336. The van der Waals surface area contributed by atoms with Gasteiger partial charge in [0.1, 0.15) is 24.9 Å². The van der Waals surface area contributed by atoms with Crippen LogP contribution in [0.15, 0.2) is 11.6 Å². The van der Waals surface area contributed by atoms with E-state index < -0.39 is 84.8 Å². The van der Waals surface area contributed by atoms with E-state index in [1.54, 1.807) is 13.0 Å². The molecule has 4 aliphatic carbocycles. The van der Waals surface area contributed by atoms with E-state index in [-0.39, 0.29) is 67.2 Å². The molecular weight excluding hydrogens is 728 g/mol. The number of aliphatic hydroxyl groups excluding tert-OH is 4. The van der Waals surface area contributed by atoms with Gasteiger partial charge in [-0.3, -0.25) is 0 Å². The maximum Gasteiger partial charge on any atom is 0.331 e. The van der Waals surface area contributed by atoms with Crippen LogP contribution in [0, 0.1) is 34.5 Å². The first kappa shape index (κ1) is 41.5. The fraction of sp³-hybridized carbons (Fsp3) is 0.929. The molecule has 8 rings (SSSR count). The Morgan fingerprint density at radius 3 is 1.80 bits per heavy atom. The van der Waals surface area contributed by atoms with Crippen molar-refractivity contribution < 1.29 is 68.2 Å². The minimum atomic E-state index is -1.01. The van der Waals surface area contributed by atoms with Crippen LogP contribution in [0.3, 0.4) is 0 Å². The van der Waals surface area contributed by atoms with Gasteiger partial charge in [0.15, 0.2) is 18.9 Å². The topological polar surface area (TPSA) is 192 Å². The minimum Gasteiger partial charge on any atom is -0.458 e. The maximum atomic E-state index is 12.6. The van der Waals surface area contributed by atoms with Crippen LogP contribution in [0.2, 0.25) is 0 Å². The predicted molar refractivity (Wildman–Crippen MR) is 197 cm³/mol. The summed E-state index contributed by atoms with van der Waals surface area (Å²) in [6.07, 6.45) is -0.0154. The first-order valence-corrected chi connectivity index (χ1v) is 21.3. The molecule has 0 aromatic rings. The number of ether oxygens (including phenoxy) is 8. The van der Waals surface area contributed by atoms with Crippen LogP contribution < -0.4 is 0 Å². The molecule has 4 heterocycles. The maximum absolute atomic E-state index is 12.6. The lowest BCUT2D eigenvalue weighted by atomic mass is 9.42. The molecule has 56 heavy (non-hydrogen) atoms. The molecule has 0 radical (unpaired) electrons. The van der Waals surface area contributed by atoms with Crippen molar-refractivity contribution in [1.82, 2.24) is 0 Å². The zero-order valence-corrected chi connectivity index (χ0v) is 33.9. The number of fused-ring (bicyclic) bond motifs is 5. The number of carbonyl (C=O) groups excluding carboxylic acids is 1. The fourth-order valence-corrected chi connectivity index (χ4v) is 13.1. The molecule has 4 saturated carbocycles. The Morgan fingerprint density at radius 1 is 0.696 bits per heavy atom. The second kappa shape index (κ2) is 15.6. The van der Waals surface area contributed by atoms with Crippen LogP contribution in [0.5, 0.6) is 0 Å². The Kier molecular flexibility index (Phi) is 11.6. The molecule has 14 heteroatoms. The number of esters is 1. The largest absolute Gasteiger partial charge is 0.458 e. The van der Waals surface area contributed by atoms with Crippen molar-refractivity contribution in [3.63, 3.8) is 0 Å². The Bertz CT molecular complexity index is 1430. The molecule has 8 aliphatic rings. The van der Waals surface area contributed by atoms with Crippen LogP contribution in [-0.4, -0.2) is 137 Å². The molecule has 0 aromatic heterocycles. The molecule has 0 aromatic carbocycles. The van der Waals surface area contributed by atoms with E-state index in [9.17, 15) is 30.3 Å². The summed E-state index contributed by atoms with van der Waals surface area (Å²) in [5.74, 6) is 0.223. The van der Waals surface area contributed by atoms with Gasteiger partial charge in [-0.05, 0) is 107 Å². The van der Waals surface area contributed by atoms with E-state index in [0.29, 0.717) is 18.8 Å². The lowest BCUT2D eigenvalue weighted by Crippen LogP contribution is -2.67. The van der Waals surface area contributed by atoms with Gasteiger partial charge < -0.3 is 63.4 Å². The number of cyclic esters (lactones) is 1. The van der Waals surface area contributed by atoms with E-state index in [4.69, 9.17) is 37.9 Å². The second-order valence-corrected chi connectivity index (χ2v) is 19.0. The van der Waals surface area contributed by atoms with Gasteiger partial charge in [-0.1, -0.05) is 13.8 Å². The van der Waals surface area contributed by atoms with Crippen molar-refractivity contribution >= 4 is 5.97 Å². The lowest BCUT2D eigenvalue weighted by Gasteiger charge is -2.65. The smallest absolute Gasteiger partial charge is 0.331 e. The van der Waals surface area contributed by atoms with Crippen molar-refractivity contribution in [1.29, 1.82) is 0 Å². The molecule has 0 bridgehead atoms. The quantitative estimate of drug-likeness (QED) is 0.178. The standard InChI is InChI=1S/C42H66O14/c1-20-37(49-6)29(43)16-35(51-20)55-39-22(3)53-36(18-31(39)45)56-38-21(2)52-34(17-30(38)44)54-25-9-11-40(4)24(14-25)7-8-27-28(40)15-32(46)41(5)26(10-12-42(27,41)48)23-13-33(47)50-19-23/h13,20-22,24-32,34-39,43-46,48H,7-12,14-19H2,1-6H3/t20?,21?,22?,24-,25+,26-,27-,28+,29?,30?,31?,32-,34?,35?,36?,37?,38?,39?,40+,41+,42+/m1/s1. The average Bonchev–Trinajstić information content (AvgIpc) is 3.68. The monoisotopic (exact) mass is 794 g/mol. The van der Waals surface area contributed by atoms with Gasteiger partial charge in [0.2, 0.25) is 0 Å². The molecular formula is C42H66O14. The van der Waals surface area contributed by atoms with Crippen LogP contribution >= 0.6 is 0 Å². The molecule has 4 aliphatic heterocycles. The highest BCUT2D eigenvalue weighted by Crippen LogP contribution is 2.70.